The molecular formula is C12H17N3O. The highest BCUT2D eigenvalue weighted by atomic mass is 16.1. The number of benzene rings is 1. The molecule has 0 spiro atoms. The maximum Gasteiger partial charge on any atom is 0.231 e. The second-order valence-electron chi connectivity index (χ2n) is 4.34. The Balaban J connectivity index is 1.99. The summed E-state index contributed by atoms with van der Waals surface area (Å²) in [7, 11) is 0. The lowest BCUT2D eigenvalue weighted by molar-refractivity contribution is -0.119. The molecule has 1 fully saturated rings. The minimum atomic E-state index is -0.262. The van der Waals surface area contributed by atoms with Crippen molar-refractivity contribution in [3.8, 4) is 0 Å². The molecule has 16 heavy (non-hydrogen) atoms. The van der Waals surface area contributed by atoms with Crippen LogP contribution in [0.3, 0.4) is 0 Å². The van der Waals surface area contributed by atoms with Crippen LogP contribution < -0.4 is 11.5 Å². The van der Waals surface area contributed by atoms with E-state index in [-0.39, 0.29) is 5.91 Å². The first-order chi connectivity index (χ1) is 7.65. The average Bonchev–Trinajstić information content (AvgIpc) is 3.03. The van der Waals surface area contributed by atoms with E-state index < -0.39 is 0 Å². The Morgan fingerprint density at radius 3 is 2.44 bits per heavy atom. The number of rotatable bonds is 5. The van der Waals surface area contributed by atoms with Crippen molar-refractivity contribution < 1.29 is 4.79 Å². The third kappa shape index (κ3) is 2.97. The van der Waals surface area contributed by atoms with Crippen molar-refractivity contribution >= 4 is 11.6 Å². The van der Waals surface area contributed by atoms with Crippen LogP contribution in [0.5, 0.6) is 0 Å². The number of nitrogen functional groups attached to an aromatic ring is 1. The molecule has 4 nitrogen and oxygen atoms in total. The van der Waals surface area contributed by atoms with E-state index in [0.29, 0.717) is 12.6 Å². The van der Waals surface area contributed by atoms with E-state index >= 15 is 0 Å². The third-order valence-electron chi connectivity index (χ3n) is 2.79. The van der Waals surface area contributed by atoms with Gasteiger partial charge in [-0.25, -0.2) is 0 Å². The molecule has 0 bridgehead atoms. The molecule has 1 saturated carbocycles. The van der Waals surface area contributed by atoms with E-state index in [1.54, 1.807) is 0 Å². The summed E-state index contributed by atoms with van der Waals surface area (Å²) in [6.45, 7) is 1.11. The normalized spacial score (nSPS) is 15.3. The molecule has 4 N–H and O–H groups in total. The second-order valence-corrected chi connectivity index (χ2v) is 4.34. The smallest absolute Gasteiger partial charge is 0.231 e. The summed E-state index contributed by atoms with van der Waals surface area (Å²) in [4.78, 5) is 13.1. The van der Waals surface area contributed by atoms with Crippen LogP contribution in [0.1, 0.15) is 18.4 Å². The van der Waals surface area contributed by atoms with Gasteiger partial charge in [0.25, 0.3) is 0 Å². The van der Waals surface area contributed by atoms with Crippen LogP contribution in [0.25, 0.3) is 0 Å². The van der Waals surface area contributed by atoms with Gasteiger partial charge in [0.1, 0.15) is 0 Å². The molecule has 0 radical (unpaired) electrons. The number of anilines is 1. The summed E-state index contributed by atoms with van der Waals surface area (Å²) in [5.41, 5.74) is 12.8. The van der Waals surface area contributed by atoms with Crippen molar-refractivity contribution in [1.29, 1.82) is 0 Å². The number of amides is 1. The van der Waals surface area contributed by atoms with E-state index in [0.717, 1.165) is 12.2 Å². The molecule has 0 aliphatic heterocycles. The summed E-state index contributed by atoms with van der Waals surface area (Å²) >= 11 is 0. The first-order valence-electron chi connectivity index (χ1n) is 5.52. The van der Waals surface area contributed by atoms with Crippen LogP contribution in [0.15, 0.2) is 24.3 Å². The molecule has 1 aliphatic carbocycles. The van der Waals surface area contributed by atoms with Crippen LogP contribution >= 0.6 is 0 Å². The van der Waals surface area contributed by atoms with Crippen LogP contribution in [0, 0.1) is 0 Å². The van der Waals surface area contributed by atoms with Crippen LogP contribution in [0.4, 0.5) is 5.69 Å². The molecule has 86 valence electrons. The van der Waals surface area contributed by atoms with Gasteiger partial charge in [0.05, 0.1) is 6.54 Å². The maximum atomic E-state index is 10.9. The van der Waals surface area contributed by atoms with Gasteiger partial charge in [0.15, 0.2) is 0 Å². The van der Waals surface area contributed by atoms with E-state index in [2.05, 4.69) is 4.90 Å². The molecule has 0 unspecified atom stereocenters. The van der Waals surface area contributed by atoms with E-state index in [1.165, 1.54) is 18.4 Å². The van der Waals surface area contributed by atoms with Gasteiger partial charge in [-0.15, -0.1) is 0 Å². The van der Waals surface area contributed by atoms with Gasteiger partial charge in [0.2, 0.25) is 5.91 Å². The molecular weight excluding hydrogens is 202 g/mol. The molecule has 2 rings (SSSR count). The molecule has 0 saturated heterocycles. The fraction of sp³-hybridized carbons (Fsp3) is 0.417. The molecule has 1 aromatic carbocycles. The zero-order chi connectivity index (χ0) is 11.5. The van der Waals surface area contributed by atoms with E-state index in [9.17, 15) is 4.79 Å². The van der Waals surface area contributed by atoms with Crippen molar-refractivity contribution in [2.45, 2.75) is 25.4 Å². The lowest BCUT2D eigenvalue weighted by Crippen LogP contribution is -2.34. The third-order valence-corrected chi connectivity index (χ3v) is 2.79. The minimum absolute atomic E-state index is 0.262. The van der Waals surface area contributed by atoms with Crippen molar-refractivity contribution in [1.82, 2.24) is 4.90 Å². The minimum Gasteiger partial charge on any atom is -0.399 e. The standard InChI is InChI=1S/C12H17N3O/c13-10-3-1-9(2-4-10)7-15(8-12(14)16)11-5-6-11/h1-4,11H,5-8,13H2,(H2,14,16). The number of primary amides is 1. The van der Waals surface area contributed by atoms with E-state index in [1.807, 2.05) is 24.3 Å². The summed E-state index contributed by atoms with van der Waals surface area (Å²) in [6.07, 6.45) is 2.34. The summed E-state index contributed by atoms with van der Waals surface area (Å²) in [5, 5.41) is 0. The van der Waals surface area contributed by atoms with Crippen molar-refractivity contribution in [2.75, 3.05) is 12.3 Å². The molecule has 0 aromatic heterocycles. The van der Waals surface area contributed by atoms with Gasteiger partial charge in [-0.1, -0.05) is 12.1 Å². The predicted octanol–water partition coefficient (Wildman–Crippen LogP) is 0.719. The Bertz CT molecular complexity index is 370. The zero-order valence-electron chi connectivity index (χ0n) is 9.23. The van der Waals surface area contributed by atoms with Crippen molar-refractivity contribution in [2.24, 2.45) is 5.73 Å². The molecule has 0 heterocycles. The fourth-order valence-electron chi connectivity index (χ4n) is 1.81. The Kier molecular flexibility index (Phi) is 3.10. The zero-order valence-corrected chi connectivity index (χ0v) is 9.23. The lowest BCUT2D eigenvalue weighted by atomic mass is 10.2. The SMILES string of the molecule is NC(=O)CN(Cc1ccc(N)cc1)C1CC1. The molecule has 0 atom stereocenters. The molecule has 1 aliphatic rings. The fourth-order valence-corrected chi connectivity index (χ4v) is 1.81. The average molecular weight is 219 g/mol. The molecule has 4 heteroatoms. The topological polar surface area (TPSA) is 72.4 Å². The number of hydrogen-bond acceptors (Lipinski definition) is 3. The lowest BCUT2D eigenvalue weighted by Gasteiger charge is -2.20. The first-order valence-corrected chi connectivity index (χ1v) is 5.52. The molecule has 1 amide bonds. The highest BCUT2D eigenvalue weighted by Gasteiger charge is 2.29. The van der Waals surface area contributed by atoms with Gasteiger partial charge in [-0.05, 0) is 30.5 Å². The number of nitrogens with two attached hydrogens (primary N) is 2. The highest BCUT2D eigenvalue weighted by Crippen LogP contribution is 2.27. The Labute approximate surface area is 95.2 Å². The van der Waals surface area contributed by atoms with Gasteiger partial charge >= 0.3 is 0 Å². The monoisotopic (exact) mass is 219 g/mol. The number of hydrogen-bond donors (Lipinski definition) is 2. The Morgan fingerprint density at radius 2 is 1.94 bits per heavy atom. The van der Waals surface area contributed by atoms with Gasteiger partial charge in [-0.2, -0.15) is 0 Å². The molecule has 1 aromatic rings. The van der Waals surface area contributed by atoms with Crippen LogP contribution in [-0.4, -0.2) is 23.4 Å². The summed E-state index contributed by atoms with van der Waals surface area (Å²) in [5.74, 6) is -0.262. The quantitative estimate of drug-likeness (QED) is 0.717. The van der Waals surface area contributed by atoms with Crippen LogP contribution in [0.2, 0.25) is 0 Å². The number of nitrogens with zero attached hydrogens (tertiary/aromatic N) is 1. The number of carbonyl (C=O) groups excluding carboxylic acids is 1. The van der Waals surface area contributed by atoms with Gasteiger partial charge in [0, 0.05) is 18.3 Å². The Hall–Kier alpha value is -1.55. The van der Waals surface area contributed by atoms with Gasteiger partial charge in [-0.3, -0.25) is 9.69 Å². The van der Waals surface area contributed by atoms with Crippen molar-refractivity contribution in [3.05, 3.63) is 29.8 Å². The summed E-state index contributed by atoms with van der Waals surface area (Å²) in [6, 6.07) is 8.28. The maximum absolute atomic E-state index is 10.9. The summed E-state index contributed by atoms with van der Waals surface area (Å²) < 4.78 is 0. The van der Waals surface area contributed by atoms with Crippen molar-refractivity contribution in [3.63, 3.8) is 0 Å². The Morgan fingerprint density at radius 1 is 1.31 bits per heavy atom. The van der Waals surface area contributed by atoms with Crippen LogP contribution in [-0.2, 0) is 11.3 Å². The predicted molar refractivity (Wildman–Crippen MR) is 63.5 cm³/mol. The van der Waals surface area contributed by atoms with Gasteiger partial charge < -0.3 is 11.5 Å². The number of carbonyl (C=O) groups is 1. The van der Waals surface area contributed by atoms with E-state index in [4.69, 9.17) is 11.5 Å². The highest BCUT2D eigenvalue weighted by molar-refractivity contribution is 5.76. The first kappa shape index (κ1) is 11.0. The largest absolute Gasteiger partial charge is 0.399 e. The second kappa shape index (κ2) is 4.53.